The van der Waals surface area contributed by atoms with Crippen molar-refractivity contribution in [2.45, 2.75) is 14.7 Å². The van der Waals surface area contributed by atoms with Crippen molar-refractivity contribution in [3.63, 3.8) is 0 Å². The van der Waals surface area contributed by atoms with Crippen LogP contribution in [0, 0.1) is 10.1 Å². The van der Waals surface area contributed by atoms with E-state index in [9.17, 15) is 54.1 Å². The van der Waals surface area contributed by atoms with Crippen LogP contribution in [0.15, 0.2) is 161 Å². The molecule has 0 saturated carbocycles. The Labute approximate surface area is 349 Å². The van der Waals surface area contributed by atoms with Crippen LogP contribution in [0.25, 0.3) is 32.7 Å². The molecule has 7 rings (SSSR count). The minimum Gasteiger partial charge on any atom is -0.505 e. The van der Waals surface area contributed by atoms with Crippen molar-refractivity contribution in [1.29, 1.82) is 0 Å². The number of azo groups is 3. The molecule has 0 heterocycles. The molecule has 314 valence electrons. The summed E-state index contributed by atoms with van der Waals surface area (Å²) < 4.78 is 102. The minimum atomic E-state index is -5.17. The van der Waals surface area contributed by atoms with Crippen LogP contribution in [0.3, 0.4) is 0 Å². The molecule has 21 nitrogen and oxygen atoms in total. The molecule has 0 atom stereocenters. The fraction of sp³-hybridized carbons (Fsp3) is 0. The molecule has 62 heavy (non-hydrogen) atoms. The van der Waals surface area contributed by atoms with Crippen LogP contribution in [-0.2, 0) is 30.4 Å². The van der Waals surface area contributed by atoms with Crippen LogP contribution in [0.4, 0.5) is 51.2 Å². The number of phenolic OH excluding ortho intramolecular Hbond substituents is 1. The third-order valence-electron chi connectivity index (χ3n) is 9.10. The van der Waals surface area contributed by atoms with Gasteiger partial charge in [-0.25, -0.2) is 0 Å². The molecule has 0 saturated heterocycles. The van der Waals surface area contributed by atoms with Crippen molar-refractivity contribution < 1.29 is 48.9 Å². The van der Waals surface area contributed by atoms with Crippen LogP contribution in [0.5, 0.6) is 5.75 Å². The number of rotatable bonds is 11. The topological polar surface area (TPSA) is 353 Å². The first-order chi connectivity index (χ1) is 29.2. The lowest BCUT2D eigenvalue weighted by Crippen LogP contribution is -2.03. The maximum absolute atomic E-state index is 12.5. The van der Waals surface area contributed by atoms with E-state index >= 15 is 0 Å². The normalized spacial score (nSPS) is 12.6. The molecule has 0 radical (unpaired) electrons. The van der Waals surface area contributed by atoms with Gasteiger partial charge in [0.2, 0.25) is 0 Å². The third-order valence-corrected chi connectivity index (χ3v) is 11.7. The lowest BCUT2D eigenvalue weighted by Gasteiger charge is -2.14. The first kappa shape index (κ1) is 42.5. The average molecular weight is 898 g/mol. The number of nitrogens with two attached hydrogens (primary N) is 2. The molecule has 0 aliphatic carbocycles. The monoisotopic (exact) mass is 897 g/mol. The number of phenols is 1. The Kier molecular flexibility index (Phi) is 11.0. The molecule has 0 unspecified atom stereocenters. The summed E-state index contributed by atoms with van der Waals surface area (Å²) in [6.45, 7) is 0. The number of nitro benzene ring substituents is 1. The lowest BCUT2D eigenvalue weighted by atomic mass is 10.0. The average Bonchev–Trinajstić information content (AvgIpc) is 3.22. The van der Waals surface area contributed by atoms with Crippen molar-refractivity contribution in [2.75, 3.05) is 11.5 Å². The van der Waals surface area contributed by atoms with E-state index < -0.39 is 73.3 Å². The summed E-state index contributed by atoms with van der Waals surface area (Å²) in [7, 11) is -14.8. The van der Waals surface area contributed by atoms with E-state index in [1.807, 2.05) is 0 Å². The minimum absolute atomic E-state index is 0.00946. The van der Waals surface area contributed by atoms with E-state index in [0.717, 1.165) is 29.8 Å². The molecule has 0 bridgehead atoms. The number of hydrogen-bond donors (Lipinski definition) is 6. The molecule has 7 aromatic rings. The van der Waals surface area contributed by atoms with Gasteiger partial charge in [-0.15, -0.1) is 15.3 Å². The second kappa shape index (κ2) is 16.1. The van der Waals surface area contributed by atoms with Gasteiger partial charge < -0.3 is 16.6 Å². The Morgan fingerprint density at radius 3 is 1.52 bits per heavy atom. The van der Waals surface area contributed by atoms with Gasteiger partial charge in [-0.1, -0.05) is 30.3 Å². The fourth-order valence-corrected chi connectivity index (χ4v) is 7.93. The Morgan fingerprint density at radius 2 is 1.02 bits per heavy atom. The predicted octanol–water partition coefficient (Wildman–Crippen LogP) is 9.42. The molecular formula is C38H27N9O12S3. The predicted molar refractivity (Wildman–Crippen MR) is 225 cm³/mol. The van der Waals surface area contributed by atoms with E-state index in [-0.39, 0.29) is 33.0 Å². The Bertz CT molecular complexity index is 3420. The van der Waals surface area contributed by atoms with Crippen LogP contribution in [0.1, 0.15) is 0 Å². The van der Waals surface area contributed by atoms with Gasteiger partial charge in [-0.05, 0) is 89.3 Å². The second-order valence-electron chi connectivity index (χ2n) is 13.1. The summed E-state index contributed by atoms with van der Waals surface area (Å²) in [5, 5.41) is 46.5. The smallest absolute Gasteiger partial charge is 0.296 e. The number of nitrogens with zero attached hydrogens (tertiary/aromatic N) is 7. The zero-order valence-corrected chi connectivity index (χ0v) is 33.5. The summed E-state index contributed by atoms with van der Waals surface area (Å²) in [5.74, 6) is -0.963. The number of hydrogen-bond acceptors (Lipinski definition) is 17. The van der Waals surface area contributed by atoms with Gasteiger partial charge in [0.15, 0.2) is 5.75 Å². The summed E-state index contributed by atoms with van der Waals surface area (Å²) in [4.78, 5) is 8.08. The summed E-state index contributed by atoms with van der Waals surface area (Å²) in [5.41, 5.74) is 12.7. The van der Waals surface area contributed by atoms with Gasteiger partial charge in [-0.3, -0.25) is 23.8 Å². The molecule has 0 spiro atoms. The molecule has 7 aromatic carbocycles. The molecule has 24 heteroatoms. The molecule has 0 aliphatic heterocycles. The maximum Gasteiger partial charge on any atom is 0.296 e. The van der Waals surface area contributed by atoms with Gasteiger partial charge in [0.05, 0.1) is 43.6 Å². The van der Waals surface area contributed by atoms with Gasteiger partial charge in [0.1, 0.15) is 21.2 Å². The highest BCUT2D eigenvalue weighted by atomic mass is 32.2. The van der Waals surface area contributed by atoms with E-state index in [0.29, 0.717) is 27.7 Å². The number of fused-ring (bicyclic) bond motifs is 2. The van der Waals surface area contributed by atoms with Crippen molar-refractivity contribution in [1.82, 2.24) is 0 Å². The van der Waals surface area contributed by atoms with Gasteiger partial charge in [0.25, 0.3) is 36.0 Å². The molecule has 0 aliphatic rings. The third kappa shape index (κ3) is 8.80. The van der Waals surface area contributed by atoms with Crippen molar-refractivity contribution in [3.8, 4) is 16.9 Å². The fourth-order valence-electron chi connectivity index (χ4n) is 6.09. The number of nitro groups is 1. The second-order valence-corrected chi connectivity index (χ2v) is 17.3. The molecular weight excluding hydrogens is 871 g/mol. The quantitative estimate of drug-likeness (QED) is 0.0231. The first-order valence-electron chi connectivity index (χ1n) is 17.3. The van der Waals surface area contributed by atoms with Gasteiger partial charge in [0, 0.05) is 28.6 Å². The highest BCUT2D eigenvalue weighted by Gasteiger charge is 2.28. The summed E-state index contributed by atoms with van der Waals surface area (Å²) in [6.07, 6.45) is 0. The zero-order chi connectivity index (χ0) is 44.7. The van der Waals surface area contributed by atoms with E-state index in [2.05, 4.69) is 30.7 Å². The Hall–Kier alpha value is -7.61. The van der Waals surface area contributed by atoms with Gasteiger partial charge in [-0.2, -0.15) is 40.6 Å². The van der Waals surface area contributed by atoms with E-state index in [1.54, 1.807) is 42.5 Å². The highest BCUT2D eigenvalue weighted by molar-refractivity contribution is 7.86. The zero-order valence-electron chi connectivity index (χ0n) is 31.0. The first-order valence-corrected chi connectivity index (χ1v) is 21.6. The SMILES string of the molecule is Nc1ccc(N=Nc2ccc(-c3ccc(N=Nc4c(S(=O)(=O)O)cc5cc(S(=O)(=O)O)c(N=Nc6ccc([N+](=O)[O-])cc6)c(N)c5c4O)cc3)cc2)c2ccc(S(=O)(=O)O)cc12. The van der Waals surface area contributed by atoms with Crippen LogP contribution in [-0.4, -0.2) is 48.9 Å². The number of benzene rings is 7. The maximum atomic E-state index is 12.5. The van der Waals surface area contributed by atoms with Gasteiger partial charge >= 0.3 is 0 Å². The Balaban J connectivity index is 1.17. The number of nitrogen functional groups attached to an aromatic ring is 2. The molecule has 0 aromatic heterocycles. The van der Waals surface area contributed by atoms with Crippen molar-refractivity contribution in [3.05, 3.63) is 125 Å². The van der Waals surface area contributed by atoms with Crippen LogP contribution < -0.4 is 11.5 Å². The van der Waals surface area contributed by atoms with E-state index in [1.165, 1.54) is 48.5 Å². The molecule has 0 amide bonds. The van der Waals surface area contributed by atoms with Crippen LogP contribution >= 0.6 is 0 Å². The van der Waals surface area contributed by atoms with E-state index in [4.69, 9.17) is 11.5 Å². The molecule has 0 fully saturated rings. The number of aromatic hydroxyl groups is 1. The van der Waals surface area contributed by atoms with Crippen molar-refractivity contribution in [2.24, 2.45) is 30.7 Å². The molecule has 8 N–H and O–H groups in total. The lowest BCUT2D eigenvalue weighted by molar-refractivity contribution is -0.384. The van der Waals surface area contributed by atoms with Crippen molar-refractivity contribution >= 4 is 103 Å². The largest absolute Gasteiger partial charge is 0.505 e. The van der Waals surface area contributed by atoms with Crippen LogP contribution in [0.2, 0.25) is 0 Å². The number of non-ortho nitro benzene ring substituents is 1. The highest BCUT2D eigenvalue weighted by Crippen LogP contribution is 2.48. The standard InChI is InChI=1S/C38H27N9O12S3/c39-30-15-16-31(28-14-13-27(19-29(28)30)60(51,52)53)44-41-23-5-1-20(2-6-23)21-3-7-24(8-4-21)43-46-37-33(62(57,58)59)18-22-17-32(61(54,55)56)36(35(40)34(22)38(37)48)45-42-25-9-11-26(12-10-25)47(49)50/h1-19,48H,39-40H2,(H,51,52,53)(H,54,55,56)(H,57,58,59). The Morgan fingerprint density at radius 1 is 0.532 bits per heavy atom. The number of anilines is 2. The summed E-state index contributed by atoms with van der Waals surface area (Å²) in [6, 6.07) is 26.4. The summed E-state index contributed by atoms with van der Waals surface area (Å²) >= 11 is 0.